The van der Waals surface area contributed by atoms with E-state index >= 15 is 0 Å². The highest BCUT2D eigenvalue weighted by Gasteiger charge is 2.22. The molecule has 1 aromatic heterocycles. The van der Waals surface area contributed by atoms with Gasteiger partial charge in [-0.3, -0.25) is 9.52 Å². The van der Waals surface area contributed by atoms with Gasteiger partial charge in [-0.15, -0.1) is 0 Å². The molecule has 2 heterocycles. The molecular formula is C25H27N3O4S. The average molecular weight is 466 g/mol. The number of ether oxygens (including phenoxy) is 1. The van der Waals surface area contributed by atoms with Crippen molar-refractivity contribution >= 4 is 27.5 Å². The number of rotatable bonds is 8. The maximum atomic E-state index is 12.8. The van der Waals surface area contributed by atoms with Crippen molar-refractivity contribution in [3.05, 3.63) is 78.5 Å². The van der Waals surface area contributed by atoms with Crippen LogP contribution in [0.15, 0.2) is 77.8 Å². The van der Waals surface area contributed by atoms with Crippen LogP contribution in [0.5, 0.6) is 5.75 Å². The fourth-order valence-electron chi connectivity index (χ4n) is 3.93. The standard InChI is InChI=1S/C25H27N3O4S/c1-2-23(19-8-10-20(11-9-19)28-17-5-6-18-28)25(29)32-21-12-14-22(15-13-21)33(30,31)27-24-7-3-4-16-26-24/h3-4,7-16,23H,2,5-6,17-18H2,1H3,(H,26,27). The molecule has 1 saturated heterocycles. The summed E-state index contributed by atoms with van der Waals surface area (Å²) in [6.07, 6.45) is 4.53. The number of esters is 1. The normalized spacial score (nSPS) is 14.6. The number of nitrogens with one attached hydrogen (secondary N) is 1. The molecule has 3 aromatic rings. The van der Waals surface area contributed by atoms with Crippen LogP contribution in [0, 0.1) is 0 Å². The van der Waals surface area contributed by atoms with Gasteiger partial charge in [-0.25, -0.2) is 13.4 Å². The molecule has 0 amide bonds. The highest BCUT2D eigenvalue weighted by atomic mass is 32.2. The van der Waals surface area contributed by atoms with Crippen molar-refractivity contribution in [1.82, 2.24) is 4.98 Å². The van der Waals surface area contributed by atoms with Gasteiger partial charge in [-0.05, 0) is 73.4 Å². The van der Waals surface area contributed by atoms with Crippen molar-refractivity contribution in [2.24, 2.45) is 0 Å². The zero-order valence-corrected chi connectivity index (χ0v) is 19.3. The molecule has 8 heteroatoms. The first kappa shape index (κ1) is 22.8. The first-order valence-corrected chi connectivity index (χ1v) is 12.5. The summed E-state index contributed by atoms with van der Waals surface area (Å²) < 4.78 is 33.0. The van der Waals surface area contributed by atoms with Crippen LogP contribution in [-0.4, -0.2) is 32.5 Å². The van der Waals surface area contributed by atoms with Crippen LogP contribution in [0.25, 0.3) is 0 Å². The van der Waals surface area contributed by atoms with Crippen LogP contribution in [0.4, 0.5) is 11.5 Å². The van der Waals surface area contributed by atoms with Gasteiger partial charge in [0.1, 0.15) is 11.6 Å². The Bertz CT molecular complexity index is 1170. The minimum Gasteiger partial charge on any atom is -0.426 e. The first-order valence-electron chi connectivity index (χ1n) is 11.1. The third-order valence-electron chi connectivity index (χ3n) is 5.72. The second kappa shape index (κ2) is 10.0. The Morgan fingerprint density at radius 3 is 2.33 bits per heavy atom. The summed E-state index contributed by atoms with van der Waals surface area (Å²) in [4.78, 5) is 19.2. The zero-order valence-electron chi connectivity index (χ0n) is 18.5. The molecule has 1 N–H and O–H groups in total. The molecule has 1 aliphatic rings. The van der Waals surface area contributed by atoms with Crippen LogP contribution in [0.3, 0.4) is 0 Å². The minimum absolute atomic E-state index is 0.0532. The van der Waals surface area contributed by atoms with Crippen molar-refractivity contribution in [2.45, 2.75) is 37.0 Å². The monoisotopic (exact) mass is 465 g/mol. The number of benzene rings is 2. The molecule has 7 nitrogen and oxygen atoms in total. The molecule has 1 fully saturated rings. The van der Waals surface area contributed by atoms with Crippen molar-refractivity contribution < 1.29 is 17.9 Å². The van der Waals surface area contributed by atoms with E-state index in [1.807, 2.05) is 19.1 Å². The molecule has 0 radical (unpaired) electrons. The molecule has 1 aliphatic heterocycles. The zero-order chi connectivity index (χ0) is 23.3. The Hall–Kier alpha value is -3.39. The van der Waals surface area contributed by atoms with E-state index in [0.717, 1.165) is 18.7 Å². The van der Waals surface area contributed by atoms with E-state index in [4.69, 9.17) is 4.74 Å². The van der Waals surface area contributed by atoms with E-state index < -0.39 is 15.9 Å². The Labute approximate surface area is 194 Å². The van der Waals surface area contributed by atoms with E-state index in [9.17, 15) is 13.2 Å². The Kier molecular flexibility index (Phi) is 6.93. The number of carbonyl (C=O) groups is 1. The van der Waals surface area contributed by atoms with Gasteiger partial charge in [0.15, 0.2) is 0 Å². The molecule has 1 atom stereocenters. The minimum atomic E-state index is -3.79. The number of hydrogen-bond acceptors (Lipinski definition) is 6. The van der Waals surface area contributed by atoms with E-state index in [-0.39, 0.29) is 16.7 Å². The van der Waals surface area contributed by atoms with Crippen LogP contribution in [0.2, 0.25) is 0 Å². The molecule has 172 valence electrons. The van der Waals surface area contributed by atoms with Gasteiger partial charge in [0.25, 0.3) is 10.0 Å². The number of anilines is 2. The lowest BCUT2D eigenvalue weighted by atomic mass is 9.96. The quantitative estimate of drug-likeness (QED) is 0.387. The summed E-state index contributed by atoms with van der Waals surface area (Å²) in [5.74, 6) is -0.237. The predicted octanol–water partition coefficient (Wildman–Crippen LogP) is 4.58. The molecule has 0 spiro atoms. The summed E-state index contributed by atoms with van der Waals surface area (Å²) in [6, 6.07) is 18.8. The number of hydrogen-bond donors (Lipinski definition) is 1. The van der Waals surface area contributed by atoms with Gasteiger partial charge < -0.3 is 9.64 Å². The summed E-state index contributed by atoms with van der Waals surface area (Å²) in [5.41, 5.74) is 2.08. The molecule has 4 rings (SSSR count). The Morgan fingerprint density at radius 2 is 1.73 bits per heavy atom. The fraction of sp³-hybridized carbons (Fsp3) is 0.280. The lowest BCUT2D eigenvalue weighted by Gasteiger charge is -2.19. The van der Waals surface area contributed by atoms with E-state index in [1.165, 1.54) is 49.0 Å². The van der Waals surface area contributed by atoms with E-state index in [1.54, 1.807) is 18.2 Å². The first-order chi connectivity index (χ1) is 16.0. The molecular weight excluding hydrogens is 438 g/mol. The number of aromatic nitrogens is 1. The number of pyridine rings is 1. The molecule has 0 bridgehead atoms. The molecule has 0 saturated carbocycles. The molecule has 2 aromatic carbocycles. The summed E-state index contributed by atoms with van der Waals surface area (Å²) in [5, 5.41) is 0. The lowest BCUT2D eigenvalue weighted by molar-refractivity contribution is -0.136. The van der Waals surface area contributed by atoms with Crippen LogP contribution < -0.4 is 14.4 Å². The van der Waals surface area contributed by atoms with E-state index in [2.05, 4.69) is 26.7 Å². The highest BCUT2D eigenvalue weighted by Crippen LogP contribution is 2.27. The third-order valence-corrected chi connectivity index (χ3v) is 7.09. The largest absolute Gasteiger partial charge is 0.426 e. The van der Waals surface area contributed by atoms with Crippen LogP contribution in [0.1, 0.15) is 37.7 Å². The molecule has 0 aliphatic carbocycles. The molecule has 33 heavy (non-hydrogen) atoms. The van der Waals surface area contributed by atoms with Gasteiger partial charge in [0.2, 0.25) is 0 Å². The predicted molar refractivity (Wildman–Crippen MR) is 128 cm³/mol. The van der Waals surface area contributed by atoms with Crippen LogP contribution >= 0.6 is 0 Å². The van der Waals surface area contributed by atoms with Crippen molar-refractivity contribution in [3.8, 4) is 5.75 Å². The van der Waals surface area contributed by atoms with Crippen molar-refractivity contribution in [3.63, 3.8) is 0 Å². The second-order valence-electron chi connectivity index (χ2n) is 7.96. The maximum Gasteiger partial charge on any atom is 0.318 e. The fourth-order valence-corrected chi connectivity index (χ4v) is 4.93. The number of carbonyl (C=O) groups excluding carboxylic acids is 1. The van der Waals surface area contributed by atoms with Crippen LogP contribution in [-0.2, 0) is 14.8 Å². The second-order valence-corrected chi connectivity index (χ2v) is 9.64. The van der Waals surface area contributed by atoms with Gasteiger partial charge >= 0.3 is 5.97 Å². The lowest BCUT2D eigenvalue weighted by Crippen LogP contribution is -2.20. The average Bonchev–Trinajstić information content (AvgIpc) is 3.36. The highest BCUT2D eigenvalue weighted by molar-refractivity contribution is 7.92. The summed E-state index contributed by atoms with van der Waals surface area (Å²) in [6.45, 7) is 4.09. The number of nitrogens with zero attached hydrogens (tertiary/aromatic N) is 2. The topological polar surface area (TPSA) is 88.6 Å². The van der Waals surface area contributed by atoms with Crippen molar-refractivity contribution in [1.29, 1.82) is 0 Å². The van der Waals surface area contributed by atoms with Gasteiger partial charge in [0.05, 0.1) is 10.8 Å². The van der Waals surface area contributed by atoms with E-state index in [0.29, 0.717) is 12.2 Å². The molecule has 1 unspecified atom stereocenters. The van der Waals surface area contributed by atoms with Gasteiger partial charge in [-0.2, -0.15) is 0 Å². The van der Waals surface area contributed by atoms with Gasteiger partial charge in [-0.1, -0.05) is 25.1 Å². The Balaban J connectivity index is 1.41. The summed E-state index contributed by atoms with van der Waals surface area (Å²) >= 11 is 0. The number of sulfonamides is 1. The smallest absolute Gasteiger partial charge is 0.318 e. The third kappa shape index (κ3) is 5.51. The maximum absolute atomic E-state index is 12.8. The van der Waals surface area contributed by atoms with Gasteiger partial charge in [0, 0.05) is 25.0 Å². The Morgan fingerprint density at radius 1 is 1.03 bits per heavy atom. The van der Waals surface area contributed by atoms with Crippen molar-refractivity contribution in [2.75, 3.05) is 22.7 Å². The summed E-state index contributed by atoms with van der Waals surface area (Å²) in [7, 11) is -3.79. The SMILES string of the molecule is CCC(C(=O)Oc1ccc(S(=O)(=O)Nc2ccccn2)cc1)c1ccc(N2CCCC2)cc1.